The van der Waals surface area contributed by atoms with Crippen LogP contribution >= 0.6 is 0 Å². The van der Waals surface area contributed by atoms with Crippen molar-refractivity contribution in [3.8, 4) is 11.1 Å². The highest BCUT2D eigenvalue weighted by Gasteiger charge is 2.55. The van der Waals surface area contributed by atoms with Crippen LogP contribution in [0.15, 0.2) is 54.9 Å². The average molecular weight is 450 g/mol. The number of fused-ring (bicyclic) bond motifs is 1. The van der Waals surface area contributed by atoms with Gasteiger partial charge in [-0.05, 0) is 24.5 Å². The molecule has 3 aromatic rings. The van der Waals surface area contributed by atoms with Crippen LogP contribution < -0.4 is 5.32 Å². The monoisotopic (exact) mass is 450 g/mol. The number of benzene rings is 2. The van der Waals surface area contributed by atoms with Crippen molar-refractivity contribution in [3.63, 3.8) is 0 Å². The van der Waals surface area contributed by atoms with Crippen molar-refractivity contribution in [2.45, 2.75) is 37.1 Å². The summed E-state index contributed by atoms with van der Waals surface area (Å²) in [7, 11) is 0. The Kier molecular flexibility index (Phi) is 4.92. The summed E-state index contributed by atoms with van der Waals surface area (Å²) in [4.78, 5) is 47.6. The molecule has 9 heteroatoms. The number of ketones is 1. The van der Waals surface area contributed by atoms with E-state index in [1.165, 1.54) is 0 Å². The van der Waals surface area contributed by atoms with Gasteiger partial charge in [-0.25, -0.2) is 13.6 Å². The molecule has 2 heterocycles. The van der Waals surface area contributed by atoms with Gasteiger partial charge in [-0.3, -0.25) is 24.5 Å². The van der Waals surface area contributed by atoms with Crippen LogP contribution in [0.25, 0.3) is 22.2 Å². The number of carbonyl (C=O) groups excluding carboxylic acids is 3. The van der Waals surface area contributed by atoms with Gasteiger partial charge in [0.25, 0.3) is 5.91 Å². The third-order valence-corrected chi connectivity index (χ3v) is 6.40. The van der Waals surface area contributed by atoms with Crippen molar-refractivity contribution in [3.05, 3.63) is 60.4 Å². The largest absolute Gasteiger partial charge is 0.325 e. The molecule has 1 N–H and O–H groups in total. The standard InChI is InChI=1S/C24H20F2N4O3/c25-24(26)10-8-23(9-11-24)21(32)30(22(33)29-23)14-19(31)16-6-4-15(5-7-16)17-2-1-3-18-20(17)28-13-12-27-18/h1-7,12-13H,8-11,14H2,(H,29,33). The van der Waals surface area contributed by atoms with Crippen molar-refractivity contribution >= 4 is 28.8 Å². The SMILES string of the molecule is O=C(CN1C(=O)NC2(CCC(F)(F)CC2)C1=O)c1ccc(-c2cccc3nccnc23)cc1. The first kappa shape index (κ1) is 21.1. The van der Waals surface area contributed by atoms with Crippen LogP contribution in [0.4, 0.5) is 13.6 Å². The zero-order chi connectivity index (χ0) is 23.2. The average Bonchev–Trinajstić information content (AvgIpc) is 3.05. The quantitative estimate of drug-likeness (QED) is 0.480. The summed E-state index contributed by atoms with van der Waals surface area (Å²) in [6.45, 7) is -0.443. The van der Waals surface area contributed by atoms with E-state index >= 15 is 0 Å². The zero-order valence-corrected chi connectivity index (χ0v) is 17.6. The summed E-state index contributed by atoms with van der Waals surface area (Å²) in [5.74, 6) is -3.86. The Morgan fingerprint density at radius 1 is 0.970 bits per heavy atom. The van der Waals surface area contributed by atoms with Gasteiger partial charge in [-0.2, -0.15) is 0 Å². The number of alkyl halides is 2. The van der Waals surface area contributed by atoms with Gasteiger partial charge in [-0.15, -0.1) is 0 Å². The van der Waals surface area contributed by atoms with E-state index < -0.39 is 48.6 Å². The molecule has 0 atom stereocenters. The minimum atomic E-state index is -2.84. The lowest BCUT2D eigenvalue weighted by molar-refractivity contribution is -0.135. The number of carbonyl (C=O) groups is 3. The molecule has 168 valence electrons. The number of hydrogen-bond acceptors (Lipinski definition) is 5. The van der Waals surface area contributed by atoms with Crippen molar-refractivity contribution < 1.29 is 23.2 Å². The van der Waals surface area contributed by atoms with Crippen molar-refractivity contribution in [1.82, 2.24) is 20.2 Å². The molecular formula is C24H20F2N4O3. The molecule has 1 saturated carbocycles. The number of amides is 3. The van der Waals surface area contributed by atoms with Crippen molar-refractivity contribution in [2.24, 2.45) is 0 Å². The molecule has 3 amide bonds. The first-order valence-electron chi connectivity index (χ1n) is 10.6. The summed E-state index contributed by atoms with van der Waals surface area (Å²) in [5, 5.41) is 2.55. The van der Waals surface area contributed by atoms with Gasteiger partial charge >= 0.3 is 6.03 Å². The third kappa shape index (κ3) is 3.73. The number of para-hydroxylation sites is 1. The second-order valence-corrected chi connectivity index (χ2v) is 8.49. The van der Waals surface area contributed by atoms with E-state index in [1.807, 2.05) is 18.2 Å². The van der Waals surface area contributed by atoms with E-state index in [0.717, 1.165) is 27.1 Å². The predicted molar refractivity (Wildman–Crippen MR) is 116 cm³/mol. The van der Waals surface area contributed by atoms with Gasteiger partial charge in [0, 0.05) is 36.4 Å². The number of nitrogens with one attached hydrogen (secondary N) is 1. The second-order valence-electron chi connectivity index (χ2n) is 8.49. The fourth-order valence-electron chi connectivity index (χ4n) is 4.50. The number of rotatable bonds is 4. The molecule has 1 spiro atoms. The normalized spacial score (nSPS) is 19.2. The van der Waals surface area contributed by atoms with Crippen LogP contribution in [0.3, 0.4) is 0 Å². The maximum absolute atomic E-state index is 13.5. The van der Waals surface area contributed by atoms with Crippen LogP contribution in [-0.2, 0) is 4.79 Å². The Bertz CT molecular complexity index is 1260. The lowest BCUT2D eigenvalue weighted by Crippen LogP contribution is -2.51. The van der Waals surface area contributed by atoms with Crippen LogP contribution in [0.2, 0.25) is 0 Å². The highest BCUT2D eigenvalue weighted by molar-refractivity contribution is 6.11. The number of hydrogen-bond donors (Lipinski definition) is 1. The van der Waals surface area contributed by atoms with Crippen molar-refractivity contribution in [1.29, 1.82) is 0 Å². The number of urea groups is 1. The number of nitrogens with zero attached hydrogens (tertiary/aromatic N) is 3. The highest BCUT2D eigenvalue weighted by Crippen LogP contribution is 2.41. The molecule has 2 aromatic carbocycles. The van der Waals surface area contributed by atoms with Gasteiger partial charge < -0.3 is 5.32 Å². The molecule has 1 aromatic heterocycles. The summed E-state index contributed by atoms with van der Waals surface area (Å²) in [6.07, 6.45) is 2.01. The molecule has 33 heavy (non-hydrogen) atoms. The molecule has 2 fully saturated rings. The van der Waals surface area contributed by atoms with Gasteiger partial charge in [0.2, 0.25) is 5.92 Å². The number of halogens is 2. The number of Topliss-reactive ketones (excluding diaryl/α,β-unsaturated/α-hetero) is 1. The highest BCUT2D eigenvalue weighted by atomic mass is 19.3. The smallest absolute Gasteiger partial charge is 0.323 e. The summed E-state index contributed by atoms with van der Waals surface area (Å²) in [6, 6.07) is 11.7. The molecule has 0 bridgehead atoms. The lowest BCUT2D eigenvalue weighted by atomic mass is 9.80. The minimum absolute atomic E-state index is 0.141. The molecule has 2 aliphatic rings. The maximum atomic E-state index is 13.5. The van der Waals surface area contributed by atoms with Gasteiger partial charge in [0.15, 0.2) is 5.78 Å². The summed E-state index contributed by atoms with van der Waals surface area (Å²) in [5.41, 5.74) is 2.20. The fraction of sp³-hybridized carbons (Fsp3) is 0.292. The molecule has 1 aliphatic heterocycles. The zero-order valence-electron chi connectivity index (χ0n) is 17.6. The lowest BCUT2D eigenvalue weighted by Gasteiger charge is -2.34. The third-order valence-electron chi connectivity index (χ3n) is 6.40. The van der Waals surface area contributed by atoms with E-state index in [2.05, 4.69) is 15.3 Å². The van der Waals surface area contributed by atoms with Crippen LogP contribution in [-0.4, -0.2) is 50.6 Å². The Labute approximate surface area is 187 Å². The Morgan fingerprint density at radius 3 is 2.39 bits per heavy atom. The predicted octanol–water partition coefficient (Wildman–Crippen LogP) is 3.98. The maximum Gasteiger partial charge on any atom is 0.325 e. The Morgan fingerprint density at radius 2 is 1.67 bits per heavy atom. The Balaban J connectivity index is 1.32. The van der Waals surface area contributed by atoms with E-state index in [0.29, 0.717) is 5.56 Å². The first-order valence-corrected chi connectivity index (χ1v) is 10.6. The first-order chi connectivity index (χ1) is 15.8. The van der Waals surface area contributed by atoms with Crippen LogP contribution in [0.1, 0.15) is 36.0 Å². The number of aromatic nitrogens is 2. The molecule has 1 aliphatic carbocycles. The summed E-state index contributed by atoms with van der Waals surface area (Å²) < 4.78 is 27.1. The van der Waals surface area contributed by atoms with Gasteiger partial charge in [0.05, 0.1) is 17.6 Å². The molecule has 1 saturated heterocycles. The van der Waals surface area contributed by atoms with E-state index in [-0.39, 0.29) is 12.8 Å². The van der Waals surface area contributed by atoms with Gasteiger partial charge in [-0.1, -0.05) is 36.4 Å². The molecule has 7 nitrogen and oxygen atoms in total. The van der Waals surface area contributed by atoms with Gasteiger partial charge in [0.1, 0.15) is 5.54 Å². The summed E-state index contributed by atoms with van der Waals surface area (Å²) >= 11 is 0. The topological polar surface area (TPSA) is 92.3 Å². The Hall–Kier alpha value is -3.75. The molecule has 0 radical (unpaired) electrons. The van der Waals surface area contributed by atoms with Crippen molar-refractivity contribution in [2.75, 3.05) is 6.54 Å². The minimum Gasteiger partial charge on any atom is -0.323 e. The molecule has 5 rings (SSSR count). The molecular weight excluding hydrogens is 430 g/mol. The van der Waals surface area contributed by atoms with Crippen LogP contribution in [0.5, 0.6) is 0 Å². The fourth-order valence-corrected chi connectivity index (χ4v) is 4.50. The van der Waals surface area contributed by atoms with Crippen LogP contribution in [0, 0.1) is 0 Å². The number of imide groups is 1. The van der Waals surface area contributed by atoms with E-state index in [1.54, 1.807) is 36.7 Å². The second kappa shape index (κ2) is 7.68. The molecule has 0 unspecified atom stereocenters. The van der Waals surface area contributed by atoms with E-state index in [9.17, 15) is 23.2 Å². The van der Waals surface area contributed by atoms with E-state index in [4.69, 9.17) is 0 Å².